The molecule has 1 aliphatic carbocycles. The second-order valence-electron chi connectivity index (χ2n) is 3.06. The summed E-state index contributed by atoms with van der Waals surface area (Å²) in [5, 5.41) is 0. The van der Waals surface area contributed by atoms with Crippen molar-refractivity contribution in [2.24, 2.45) is 5.73 Å². The largest absolute Gasteiger partial charge is 0.329 e. The molecule has 2 rings (SSSR count). The van der Waals surface area contributed by atoms with Gasteiger partial charge in [0.2, 0.25) is 5.56 Å². The molecule has 0 unspecified atom stereocenters. The van der Waals surface area contributed by atoms with Crippen molar-refractivity contribution in [2.45, 2.75) is 39.2 Å². The van der Waals surface area contributed by atoms with E-state index in [1.807, 2.05) is 13.8 Å². The molecule has 15 heavy (non-hydrogen) atoms. The lowest BCUT2D eigenvalue weighted by Crippen LogP contribution is -2.27. The minimum Gasteiger partial charge on any atom is -0.329 e. The molecule has 0 bridgehead atoms. The number of hydrogen-bond donors (Lipinski definition) is 2. The number of H-pyrrole nitrogens is 1. The molecule has 1 heterocycles. The van der Waals surface area contributed by atoms with Gasteiger partial charge in [-0.1, -0.05) is 36.2 Å². The quantitative estimate of drug-likeness (QED) is 0.764. The lowest BCUT2D eigenvalue weighted by atomic mass is 9.95. The smallest absolute Gasteiger partial charge is 0.249 e. The Morgan fingerprint density at radius 1 is 1.47 bits per heavy atom. The average molecular weight is 275 g/mol. The van der Waals surface area contributed by atoms with Crippen LogP contribution in [0.15, 0.2) is 27.6 Å². The maximum absolute atomic E-state index is 10.4. The monoisotopic (exact) mass is 274 g/mol. The van der Waals surface area contributed by atoms with Gasteiger partial charge in [-0.2, -0.15) is 0 Å². The summed E-state index contributed by atoms with van der Waals surface area (Å²) in [4.78, 5) is 12.9. The molecule has 3 N–H and O–H groups in total. The van der Waals surface area contributed by atoms with Crippen molar-refractivity contribution in [1.82, 2.24) is 4.98 Å². The summed E-state index contributed by atoms with van der Waals surface area (Å²) in [5.74, 6) is 0. The van der Waals surface area contributed by atoms with E-state index in [0.717, 1.165) is 4.47 Å². The van der Waals surface area contributed by atoms with E-state index in [1.54, 1.807) is 12.3 Å². The third-order valence-corrected chi connectivity index (χ3v) is 2.38. The van der Waals surface area contributed by atoms with Crippen LogP contribution < -0.4 is 11.3 Å². The summed E-state index contributed by atoms with van der Waals surface area (Å²) in [5.41, 5.74) is 5.29. The van der Waals surface area contributed by atoms with Gasteiger partial charge in [-0.15, -0.1) is 0 Å². The molecule has 0 atom stereocenters. The van der Waals surface area contributed by atoms with E-state index in [4.69, 9.17) is 5.73 Å². The Labute approximate surface area is 99.2 Å². The molecule has 1 aromatic rings. The topological polar surface area (TPSA) is 58.9 Å². The molecule has 4 heteroatoms. The maximum atomic E-state index is 10.4. The summed E-state index contributed by atoms with van der Waals surface area (Å²) in [6.45, 7) is 4.00. The Morgan fingerprint density at radius 3 is 2.20 bits per heavy atom. The Balaban J connectivity index is 0.000000241. The third-order valence-electron chi connectivity index (χ3n) is 1.89. The van der Waals surface area contributed by atoms with Crippen LogP contribution in [-0.2, 0) is 0 Å². The van der Waals surface area contributed by atoms with E-state index < -0.39 is 0 Å². The Bertz CT molecular complexity index is 307. The van der Waals surface area contributed by atoms with Gasteiger partial charge in [0.25, 0.3) is 0 Å². The standard InChI is InChI=1S/C5H4BrNO.C4H9N.C2H6/c6-4-1-2-7-5(8)3-4;5-4-2-1-3-4;1-2/h1-3H,(H,7,8);4H,1-3,5H2;1-2H3. The summed E-state index contributed by atoms with van der Waals surface area (Å²) < 4.78 is 0.807. The van der Waals surface area contributed by atoms with Gasteiger partial charge < -0.3 is 10.7 Å². The number of aromatic amines is 1. The van der Waals surface area contributed by atoms with Crippen LogP contribution in [0.2, 0.25) is 0 Å². The fraction of sp³-hybridized carbons (Fsp3) is 0.545. The SMILES string of the molecule is CC.NC1CCC1.O=c1cc(Br)cc[nH]1. The molecule has 0 saturated heterocycles. The molecular weight excluding hydrogens is 256 g/mol. The first-order valence-corrected chi connectivity index (χ1v) is 6.07. The second kappa shape index (κ2) is 8.68. The summed E-state index contributed by atoms with van der Waals surface area (Å²) in [6, 6.07) is 3.80. The highest BCUT2D eigenvalue weighted by atomic mass is 79.9. The predicted molar refractivity (Wildman–Crippen MR) is 67.9 cm³/mol. The number of hydrogen-bond acceptors (Lipinski definition) is 2. The van der Waals surface area contributed by atoms with E-state index in [-0.39, 0.29) is 5.56 Å². The van der Waals surface area contributed by atoms with E-state index in [9.17, 15) is 4.79 Å². The fourth-order valence-corrected chi connectivity index (χ4v) is 1.20. The fourth-order valence-electron chi connectivity index (χ4n) is 0.858. The summed E-state index contributed by atoms with van der Waals surface area (Å²) in [7, 11) is 0. The lowest BCUT2D eigenvalue weighted by Gasteiger charge is -2.18. The highest BCUT2D eigenvalue weighted by Gasteiger charge is 2.09. The van der Waals surface area contributed by atoms with E-state index in [2.05, 4.69) is 20.9 Å². The highest BCUT2D eigenvalue weighted by molar-refractivity contribution is 9.10. The number of nitrogens with two attached hydrogens (primary N) is 1. The van der Waals surface area contributed by atoms with Crippen molar-refractivity contribution in [2.75, 3.05) is 0 Å². The molecule has 0 aromatic carbocycles. The zero-order chi connectivity index (χ0) is 11.7. The van der Waals surface area contributed by atoms with E-state index >= 15 is 0 Å². The first kappa shape index (κ1) is 14.4. The van der Waals surface area contributed by atoms with E-state index in [1.165, 1.54) is 25.3 Å². The molecule has 86 valence electrons. The van der Waals surface area contributed by atoms with Crippen LogP contribution in [-0.4, -0.2) is 11.0 Å². The second-order valence-corrected chi connectivity index (χ2v) is 3.98. The molecular formula is C11H19BrN2O. The molecule has 1 saturated carbocycles. The first-order valence-electron chi connectivity index (χ1n) is 5.28. The number of halogens is 1. The van der Waals surface area contributed by atoms with Crippen molar-refractivity contribution < 1.29 is 0 Å². The highest BCUT2D eigenvalue weighted by Crippen LogP contribution is 2.14. The Hall–Kier alpha value is -0.610. The van der Waals surface area contributed by atoms with Crippen LogP contribution in [0.25, 0.3) is 0 Å². The van der Waals surface area contributed by atoms with Gasteiger partial charge in [-0.25, -0.2) is 0 Å². The molecule has 0 amide bonds. The van der Waals surface area contributed by atoms with Gasteiger partial charge in [0.1, 0.15) is 0 Å². The van der Waals surface area contributed by atoms with Crippen molar-refractivity contribution in [1.29, 1.82) is 0 Å². The van der Waals surface area contributed by atoms with Crippen LogP contribution >= 0.6 is 15.9 Å². The normalized spacial score (nSPS) is 13.9. The number of aromatic nitrogens is 1. The van der Waals surface area contributed by atoms with Gasteiger partial charge in [0.15, 0.2) is 0 Å². The molecule has 3 nitrogen and oxygen atoms in total. The van der Waals surface area contributed by atoms with Crippen LogP contribution in [0.5, 0.6) is 0 Å². The van der Waals surface area contributed by atoms with Crippen LogP contribution in [0.1, 0.15) is 33.1 Å². The van der Waals surface area contributed by atoms with Crippen LogP contribution in [0, 0.1) is 0 Å². The number of pyridine rings is 1. The van der Waals surface area contributed by atoms with Gasteiger partial charge in [0.05, 0.1) is 0 Å². The van der Waals surface area contributed by atoms with Gasteiger partial charge >= 0.3 is 0 Å². The summed E-state index contributed by atoms with van der Waals surface area (Å²) >= 11 is 3.14. The first-order chi connectivity index (χ1) is 7.18. The summed E-state index contributed by atoms with van der Waals surface area (Å²) in [6.07, 6.45) is 5.48. The maximum Gasteiger partial charge on any atom is 0.249 e. The van der Waals surface area contributed by atoms with Gasteiger partial charge in [-0.05, 0) is 18.9 Å². The lowest BCUT2D eigenvalue weighted by molar-refractivity contribution is 0.418. The van der Waals surface area contributed by atoms with Crippen LogP contribution in [0.3, 0.4) is 0 Å². The Kier molecular flexibility index (Phi) is 8.33. The predicted octanol–water partition coefficient (Wildman–Crippen LogP) is 2.66. The molecule has 1 aliphatic rings. The Morgan fingerprint density at radius 2 is 2.00 bits per heavy atom. The molecule has 0 radical (unpaired) electrons. The molecule has 0 spiro atoms. The number of rotatable bonds is 0. The zero-order valence-electron chi connectivity index (χ0n) is 9.29. The molecule has 1 aromatic heterocycles. The van der Waals surface area contributed by atoms with Crippen molar-refractivity contribution in [3.63, 3.8) is 0 Å². The van der Waals surface area contributed by atoms with Crippen LogP contribution in [0.4, 0.5) is 0 Å². The zero-order valence-corrected chi connectivity index (χ0v) is 10.9. The molecule has 1 fully saturated rings. The van der Waals surface area contributed by atoms with Crippen molar-refractivity contribution in [3.8, 4) is 0 Å². The minimum absolute atomic E-state index is 0.0839. The van der Waals surface area contributed by atoms with Crippen molar-refractivity contribution in [3.05, 3.63) is 33.2 Å². The average Bonchev–Trinajstić information content (AvgIpc) is 2.18. The molecule has 0 aliphatic heterocycles. The minimum atomic E-state index is -0.0839. The number of nitrogens with one attached hydrogen (secondary N) is 1. The third kappa shape index (κ3) is 7.33. The van der Waals surface area contributed by atoms with E-state index in [0.29, 0.717) is 6.04 Å². The van der Waals surface area contributed by atoms with Crippen molar-refractivity contribution >= 4 is 15.9 Å². The van der Waals surface area contributed by atoms with Gasteiger partial charge in [0, 0.05) is 22.8 Å². The van der Waals surface area contributed by atoms with Gasteiger partial charge in [-0.3, -0.25) is 4.79 Å².